The van der Waals surface area contributed by atoms with Gasteiger partial charge in [0.15, 0.2) is 0 Å². The number of benzene rings is 1. The van der Waals surface area contributed by atoms with Crippen LogP contribution in [0.5, 0.6) is 5.75 Å². The molecule has 0 fully saturated rings. The number of methoxy groups -OCH3 is 1. The molecule has 0 radical (unpaired) electrons. The summed E-state index contributed by atoms with van der Waals surface area (Å²) in [6.07, 6.45) is 2.29. The molecule has 0 bridgehead atoms. The van der Waals surface area contributed by atoms with E-state index in [1.54, 1.807) is 7.11 Å². The summed E-state index contributed by atoms with van der Waals surface area (Å²) in [4.78, 5) is 0. The van der Waals surface area contributed by atoms with Crippen LogP contribution in [-0.2, 0) is 0 Å². The highest BCUT2D eigenvalue weighted by Gasteiger charge is 2.21. The van der Waals surface area contributed by atoms with Gasteiger partial charge in [-0.25, -0.2) is 0 Å². The molecule has 0 aliphatic rings. The SMILES string of the molecule is CCCNC(c1cc(Br)ccc1OC)C(C)CC. The molecule has 18 heavy (non-hydrogen) atoms. The molecule has 0 amide bonds. The zero-order valence-corrected chi connectivity index (χ0v) is 13.4. The summed E-state index contributed by atoms with van der Waals surface area (Å²) in [5, 5.41) is 3.64. The lowest BCUT2D eigenvalue weighted by atomic mass is 9.91. The fourth-order valence-corrected chi connectivity index (χ4v) is 2.48. The van der Waals surface area contributed by atoms with Crippen LogP contribution in [0.25, 0.3) is 0 Å². The van der Waals surface area contributed by atoms with Crippen molar-refractivity contribution in [3.63, 3.8) is 0 Å². The van der Waals surface area contributed by atoms with E-state index in [1.165, 1.54) is 5.56 Å². The highest BCUT2D eigenvalue weighted by molar-refractivity contribution is 9.10. The van der Waals surface area contributed by atoms with E-state index in [0.29, 0.717) is 12.0 Å². The monoisotopic (exact) mass is 313 g/mol. The second-order valence-electron chi connectivity index (χ2n) is 4.70. The van der Waals surface area contributed by atoms with E-state index in [-0.39, 0.29) is 0 Å². The van der Waals surface area contributed by atoms with Crippen molar-refractivity contribution in [3.05, 3.63) is 28.2 Å². The van der Waals surface area contributed by atoms with Gasteiger partial charge in [-0.15, -0.1) is 0 Å². The van der Waals surface area contributed by atoms with Gasteiger partial charge in [0, 0.05) is 16.1 Å². The number of rotatable bonds is 7. The van der Waals surface area contributed by atoms with Crippen molar-refractivity contribution in [1.29, 1.82) is 0 Å². The van der Waals surface area contributed by atoms with Crippen LogP contribution in [0.4, 0.5) is 0 Å². The van der Waals surface area contributed by atoms with Gasteiger partial charge in [-0.2, -0.15) is 0 Å². The predicted octanol–water partition coefficient (Wildman–Crippen LogP) is 4.54. The van der Waals surface area contributed by atoms with Crippen LogP contribution in [0.15, 0.2) is 22.7 Å². The minimum Gasteiger partial charge on any atom is -0.496 e. The Morgan fingerprint density at radius 1 is 1.33 bits per heavy atom. The van der Waals surface area contributed by atoms with Gasteiger partial charge in [0.2, 0.25) is 0 Å². The zero-order chi connectivity index (χ0) is 13.5. The molecule has 1 aromatic carbocycles. The summed E-state index contributed by atoms with van der Waals surface area (Å²) in [6.45, 7) is 7.74. The zero-order valence-electron chi connectivity index (χ0n) is 11.8. The van der Waals surface area contributed by atoms with Crippen LogP contribution in [0, 0.1) is 5.92 Å². The van der Waals surface area contributed by atoms with Crippen LogP contribution < -0.4 is 10.1 Å². The van der Waals surface area contributed by atoms with Gasteiger partial charge in [-0.3, -0.25) is 0 Å². The summed E-state index contributed by atoms with van der Waals surface area (Å²) in [6, 6.07) is 6.57. The second-order valence-corrected chi connectivity index (χ2v) is 5.62. The highest BCUT2D eigenvalue weighted by atomic mass is 79.9. The molecule has 1 N–H and O–H groups in total. The third-order valence-electron chi connectivity index (χ3n) is 3.35. The van der Waals surface area contributed by atoms with E-state index in [9.17, 15) is 0 Å². The molecule has 0 saturated heterocycles. The van der Waals surface area contributed by atoms with Crippen molar-refractivity contribution in [2.45, 2.75) is 39.7 Å². The lowest BCUT2D eigenvalue weighted by Crippen LogP contribution is -2.27. The van der Waals surface area contributed by atoms with Crippen molar-refractivity contribution >= 4 is 15.9 Å². The van der Waals surface area contributed by atoms with Crippen LogP contribution in [-0.4, -0.2) is 13.7 Å². The maximum absolute atomic E-state index is 5.50. The first-order valence-electron chi connectivity index (χ1n) is 6.70. The molecule has 0 aliphatic carbocycles. The topological polar surface area (TPSA) is 21.3 Å². The Kier molecular flexibility index (Phi) is 6.72. The summed E-state index contributed by atoms with van der Waals surface area (Å²) < 4.78 is 6.60. The van der Waals surface area contributed by atoms with Gasteiger partial charge < -0.3 is 10.1 Å². The minimum absolute atomic E-state index is 0.349. The van der Waals surface area contributed by atoms with Crippen molar-refractivity contribution < 1.29 is 4.74 Å². The first-order valence-corrected chi connectivity index (χ1v) is 7.50. The molecule has 1 rings (SSSR count). The van der Waals surface area contributed by atoms with E-state index in [1.807, 2.05) is 12.1 Å². The molecule has 0 heterocycles. The molecular formula is C15H24BrNO. The molecule has 3 heteroatoms. The smallest absolute Gasteiger partial charge is 0.123 e. The molecule has 102 valence electrons. The molecule has 0 aromatic heterocycles. The van der Waals surface area contributed by atoms with E-state index in [0.717, 1.165) is 29.6 Å². The molecule has 2 unspecified atom stereocenters. The summed E-state index contributed by atoms with van der Waals surface area (Å²) in [5.74, 6) is 1.55. The van der Waals surface area contributed by atoms with Crippen molar-refractivity contribution in [1.82, 2.24) is 5.32 Å². The lowest BCUT2D eigenvalue weighted by molar-refractivity contribution is 0.351. The maximum atomic E-state index is 5.50. The predicted molar refractivity (Wildman–Crippen MR) is 81.2 cm³/mol. The fraction of sp³-hybridized carbons (Fsp3) is 0.600. The highest BCUT2D eigenvalue weighted by Crippen LogP contribution is 2.33. The Morgan fingerprint density at radius 3 is 2.61 bits per heavy atom. The fourth-order valence-electron chi connectivity index (χ4n) is 2.10. The number of ether oxygens (including phenoxy) is 1. The van der Waals surface area contributed by atoms with Crippen LogP contribution >= 0.6 is 15.9 Å². The molecule has 0 spiro atoms. The Morgan fingerprint density at radius 2 is 2.06 bits per heavy atom. The van der Waals surface area contributed by atoms with Crippen molar-refractivity contribution in [2.24, 2.45) is 5.92 Å². The van der Waals surface area contributed by atoms with Crippen LogP contribution in [0.1, 0.15) is 45.2 Å². The summed E-state index contributed by atoms with van der Waals surface area (Å²) in [5.41, 5.74) is 1.25. The lowest BCUT2D eigenvalue weighted by Gasteiger charge is -2.26. The number of nitrogens with one attached hydrogen (secondary N) is 1. The number of halogens is 1. The van der Waals surface area contributed by atoms with E-state index in [2.05, 4.69) is 48.1 Å². The van der Waals surface area contributed by atoms with E-state index in [4.69, 9.17) is 4.74 Å². The molecule has 2 nitrogen and oxygen atoms in total. The third kappa shape index (κ3) is 3.99. The summed E-state index contributed by atoms with van der Waals surface area (Å²) in [7, 11) is 1.74. The van der Waals surface area contributed by atoms with Gasteiger partial charge in [0.1, 0.15) is 5.75 Å². The molecule has 0 aliphatic heterocycles. The third-order valence-corrected chi connectivity index (χ3v) is 3.85. The largest absolute Gasteiger partial charge is 0.496 e. The van der Waals surface area contributed by atoms with Gasteiger partial charge in [0.25, 0.3) is 0 Å². The van der Waals surface area contributed by atoms with Crippen molar-refractivity contribution in [2.75, 3.05) is 13.7 Å². The van der Waals surface area contributed by atoms with E-state index >= 15 is 0 Å². The first kappa shape index (κ1) is 15.5. The van der Waals surface area contributed by atoms with Gasteiger partial charge in [-0.1, -0.05) is 43.1 Å². The average molecular weight is 314 g/mol. The van der Waals surface area contributed by atoms with Gasteiger partial charge >= 0.3 is 0 Å². The van der Waals surface area contributed by atoms with Crippen LogP contribution in [0.3, 0.4) is 0 Å². The van der Waals surface area contributed by atoms with Crippen molar-refractivity contribution in [3.8, 4) is 5.75 Å². The Bertz CT molecular complexity index is 368. The first-order chi connectivity index (χ1) is 8.63. The number of hydrogen-bond donors (Lipinski definition) is 1. The summed E-state index contributed by atoms with van der Waals surface area (Å²) >= 11 is 3.55. The second kappa shape index (κ2) is 7.80. The molecule has 1 aromatic rings. The molecule has 2 atom stereocenters. The average Bonchev–Trinajstić information content (AvgIpc) is 2.39. The van der Waals surface area contributed by atoms with Gasteiger partial charge in [-0.05, 0) is 37.1 Å². The minimum atomic E-state index is 0.349. The Labute approximate surface area is 119 Å². The van der Waals surface area contributed by atoms with Gasteiger partial charge in [0.05, 0.1) is 7.11 Å². The van der Waals surface area contributed by atoms with Crippen LogP contribution in [0.2, 0.25) is 0 Å². The maximum Gasteiger partial charge on any atom is 0.123 e. The number of hydrogen-bond acceptors (Lipinski definition) is 2. The molecular weight excluding hydrogens is 290 g/mol. The Balaban J connectivity index is 3.05. The normalized spacial score (nSPS) is 14.3. The van der Waals surface area contributed by atoms with E-state index < -0.39 is 0 Å². The quantitative estimate of drug-likeness (QED) is 0.797. The standard InChI is InChI=1S/C15H24BrNO/c1-5-9-17-15(11(3)6-2)13-10-12(16)7-8-14(13)18-4/h7-8,10-11,15,17H,5-6,9H2,1-4H3. The molecule has 0 saturated carbocycles. The Hall–Kier alpha value is -0.540.